The minimum atomic E-state index is -1.29. The first-order valence-corrected chi connectivity index (χ1v) is 10.6. The molecule has 0 aliphatic carbocycles. The topological polar surface area (TPSA) is 117 Å². The van der Waals surface area contributed by atoms with Gasteiger partial charge in [-0.2, -0.15) is 5.26 Å². The van der Waals surface area contributed by atoms with Crippen LogP contribution < -0.4 is 4.74 Å². The first-order valence-electron chi connectivity index (χ1n) is 9.73. The molecule has 0 radical (unpaired) electrons. The molecule has 162 valence electrons. The molecular formula is C23H18N2O6S. The van der Waals surface area contributed by atoms with Crippen LogP contribution in [0.15, 0.2) is 59.3 Å². The number of fused-ring (bicyclic) bond motifs is 1. The van der Waals surface area contributed by atoms with Gasteiger partial charge in [0.1, 0.15) is 23.1 Å². The van der Waals surface area contributed by atoms with Crippen molar-refractivity contribution in [3.8, 4) is 11.8 Å². The number of thioether (sulfide) groups is 1. The number of aliphatic carboxylic acids is 1. The third-order valence-corrected chi connectivity index (χ3v) is 6.54. The number of rotatable bonds is 6. The van der Waals surface area contributed by atoms with E-state index in [9.17, 15) is 19.5 Å². The summed E-state index contributed by atoms with van der Waals surface area (Å²) in [4.78, 5) is 38.3. The Labute approximate surface area is 188 Å². The maximum Gasteiger partial charge on any atom is 0.357 e. The zero-order valence-corrected chi connectivity index (χ0v) is 18.0. The second-order valence-electron chi connectivity index (χ2n) is 7.35. The van der Waals surface area contributed by atoms with Gasteiger partial charge >= 0.3 is 11.9 Å². The molecule has 2 heterocycles. The Morgan fingerprint density at radius 1 is 1.19 bits per heavy atom. The Morgan fingerprint density at radius 3 is 2.50 bits per heavy atom. The van der Waals surface area contributed by atoms with Crippen LogP contribution >= 0.6 is 11.8 Å². The van der Waals surface area contributed by atoms with E-state index in [1.807, 2.05) is 12.1 Å². The molecule has 1 saturated heterocycles. The van der Waals surface area contributed by atoms with Crippen LogP contribution in [0.2, 0.25) is 0 Å². The standard InChI is InChI=1S/C23H18N2O6S/c1-12-5-3-4-6-16(12)22(29)30-13(2)17-19(26)25-18(21(27)28)23(32-20(17)25)31-15-9-7-14(11-24)8-10-15/h3-10,13,17,20H,1-2H3,(H,27,28)/t13-,17+,20?/m1/s1. The summed E-state index contributed by atoms with van der Waals surface area (Å²) < 4.78 is 11.3. The lowest BCUT2D eigenvalue weighted by Crippen LogP contribution is -2.61. The van der Waals surface area contributed by atoms with E-state index in [-0.39, 0.29) is 10.8 Å². The molecule has 1 N–H and O–H groups in total. The number of esters is 1. The van der Waals surface area contributed by atoms with E-state index in [4.69, 9.17) is 14.7 Å². The summed E-state index contributed by atoms with van der Waals surface area (Å²) in [5.74, 6) is -2.63. The smallest absolute Gasteiger partial charge is 0.357 e. The molecular weight excluding hydrogens is 432 g/mol. The van der Waals surface area contributed by atoms with Crippen LogP contribution in [0.3, 0.4) is 0 Å². The van der Waals surface area contributed by atoms with Crippen molar-refractivity contribution < 1.29 is 29.0 Å². The number of carbonyl (C=O) groups is 3. The van der Waals surface area contributed by atoms with E-state index in [2.05, 4.69) is 0 Å². The van der Waals surface area contributed by atoms with Crippen molar-refractivity contribution in [1.29, 1.82) is 5.26 Å². The third-order valence-electron chi connectivity index (χ3n) is 5.31. The van der Waals surface area contributed by atoms with Gasteiger partial charge in [0.05, 0.1) is 17.2 Å². The fourth-order valence-electron chi connectivity index (χ4n) is 3.62. The molecule has 4 rings (SSSR count). The molecule has 1 amide bonds. The molecule has 2 aliphatic rings. The predicted octanol–water partition coefficient (Wildman–Crippen LogP) is 3.28. The Morgan fingerprint density at radius 2 is 1.88 bits per heavy atom. The van der Waals surface area contributed by atoms with E-state index >= 15 is 0 Å². The minimum Gasteiger partial charge on any atom is -0.476 e. The normalized spacial score (nSPS) is 20.2. The number of nitriles is 1. The van der Waals surface area contributed by atoms with Crippen LogP contribution in [0.4, 0.5) is 0 Å². The van der Waals surface area contributed by atoms with Gasteiger partial charge in [0.2, 0.25) is 5.91 Å². The van der Waals surface area contributed by atoms with E-state index in [1.165, 1.54) is 0 Å². The SMILES string of the molecule is Cc1ccccc1C(=O)O[C@H](C)[C@H]1C(=O)N2C(C(=O)O)=C(Oc3ccc(C#N)cc3)SC12. The molecule has 1 unspecified atom stereocenters. The summed E-state index contributed by atoms with van der Waals surface area (Å²) in [6, 6.07) is 15.2. The Hall–Kier alpha value is -3.77. The first kappa shape index (κ1) is 21.5. The summed E-state index contributed by atoms with van der Waals surface area (Å²) >= 11 is 1.09. The summed E-state index contributed by atoms with van der Waals surface area (Å²) in [6.07, 6.45) is -0.757. The number of carboxylic acids is 1. The van der Waals surface area contributed by atoms with Gasteiger partial charge in [-0.15, -0.1) is 0 Å². The van der Waals surface area contributed by atoms with E-state index < -0.39 is 35.2 Å². The Bertz CT molecular complexity index is 1180. The average molecular weight is 450 g/mol. The summed E-state index contributed by atoms with van der Waals surface area (Å²) in [7, 11) is 0. The number of hydrogen-bond acceptors (Lipinski definition) is 7. The summed E-state index contributed by atoms with van der Waals surface area (Å²) in [6.45, 7) is 3.41. The molecule has 9 heteroatoms. The highest BCUT2D eigenvalue weighted by Gasteiger charge is 2.59. The van der Waals surface area contributed by atoms with Gasteiger partial charge in [0, 0.05) is 0 Å². The highest BCUT2D eigenvalue weighted by Crippen LogP contribution is 2.51. The van der Waals surface area contributed by atoms with Gasteiger partial charge in [0.25, 0.3) is 0 Å². The molecule has 2 aliphatic heterocycles. The van der Waals surface area contributed by atoms with Gasteiger partial charge in [-0.05, 0) is 49.7 Å². The van der Waals surface area contributed by atoms with Crippen molar-refractivity contribution in [2.45, 2.75) is 25.3 Å². The van der Waals surface area contributed by atoms with Gasteiger partial charge in [-0.25, -0.2) is 9.59 Å². The van der Waals surface area contributed by atoms with Gasteiger partial charge < -0.3 is 14.6 Å². The maximum absolute atomic E-state index is 12.8. The molecule has 2 aromatic carbocycles. The monoisotopic (exact) mass is 450 g/mol. The lowest BCUT2D eigenvalue weighted by molar-refractivity contribution is -0.157. The number of ether oxygens (including phenoxy) is 2. The van der Waals surface area contributed by atoms with Crippen LogP contribution in [-0.2, 0) is 14.3 Å². The molecule has 0 aromatic heterocycles. The van der Waals surface area contributed by atoms with Gasteiger partial charge in [-0.1, -0.05) is 30.0 Å². The molecule has 0 spiro atoms. The van der Waals surface area contributed by atoms with E-state index in [1.54, 1.807) is 56.3 Å². The first-order chi connectivity index (χ1) is 15.3. The van der Waals surface area contributed by atoms with Gasteiger partial charge in [0.15, 0.2) is 10.8 Å². The lowest BCUT2D eigenvalue weighted by atomic mass is 9.92. The molecule has 32 heavy (non-hydrogen) atoms. The van der Waals surface area contributed by atoms with Crippen LogP contribution in [0.1, 0.15) is 28.4 Å². The van der Waals surface area contributed by atoms with Crippen molar-refractivity contribution in [2.24, 2.45) is 5.92 Å². The third kappa shape index (κ3) is 3.69. The van der Waals surface area contributed by atoms with Crippen LogP contribution in [-0.4, -0.2) is 39.3 Å². The van der Waals surface area contributed by atoms with Crippen LogP contribution in [0, 0.1) is 24.2 Å². The highest BCUT2D eigenvalue weighted by atomic mass is 32.2. The zero-order chi connectivity index (χ0) is 23.0. The second-order valence-corrected chi connectivity index (χ2v) is 8.44. The number of aryl methyl sites for hydroxylation is 1. The van der Waals surface area contributed by atoms with Crippen molar-refractivity contribution in [1.82, 2.24) is 4.90 Å². The minimum absolute atomic E-state index is 0.0699. The number of nitrogens with zero attached hydrogens (tertiary/aromatic N) is 2. The summed E-state index contributed by atoms with van der Waals surface area (Å²) in [5.41, 5.74) is 1.36. The number of carbonyl (C=O) groups excluding carboxylic acids is 2. The number of carboxylic acid groups (broad SMARTS) is 1. The van der Waals surface area contributed by atoms with Crippen molar-refractivity contribution >= 4 is 29.6 Å². The Balaban J connectivity index is 1.50. The van der Waals surface area contributed by atoms with Crippen molar-refractivity contribution in [2.75, 3.05) is 0 Å². The number of amides is 1. The van der Waals surface area contributed by atoms with E-state index in [0.717, 1.165) is 22.2 Å². The molecule has 0 bridgehead atoms. The zero-order valence-electron chi connectivity index (χ0n) is 17.1. The maximum atomic E-state index is 12.8. The average Bonchev–Trinajstić information content (AvgIpc) is 3.08. The summed E-state index contributed by atoms with van der Waals surface area (Å²) in [5, 5.41) is 18.1. The molecule has 2 aromatic rings. The largest absolute Gasteiger partial charge is 0.476 e. The van der Waals surface area contributed by atoms with E-state index in [0.29, 0.717) is 16.9 Å². The predicted molar refractivity (Wildman–Crippen MR) is 114 cm³/mol. The highest BCUT2D eigenvalue weighted by molar-refractivity contribution is 8.03. The number of benzene rings is 2. The fraction of sp³-hybridized carbons (Fsp3) is 0.217. The number of β-lactam (4-membered cyclic amide) rings is 1. The quantitative estimate of drug-likeness (QED) is 0.526. The molecule has 3 atom stereocenters. The number of hydrogen-bond donors (Lipinski definition) is 1. The van der Waals surface area contributed by atoms with Gasteiger partial charge in [-0.3, -0.25) is 9.69 Å². The van der Waals surface area contributed by atoms with Crippen molar-refractivity contribution in [3.05, 3.63) is 76.0 Å². The molecule has 0 saturated carbocycles. The Kier molecular flexibility index (Phi) is 5.63. The molecule has 1 fully saturated rings. The molecule has 8 nitrogen and oxygen atoms in total. The van der Waals surface area contributed by atoms with Crippen LogP contribution in [0.5, 0.6) is 5.75 Å². The van der Waals surface area contributed by atoms with Crippen molar-refractivity contribution in [3.63, 3.8) is 0 Å². The lowest BCUT2D eigenvalue weighted by Gasteiger charge is -2.43. The van der Waals surface area contributed by atoms with Crippen LogP contribution in [0.25, 0.3) is 0 Å². The second kappa shape index (κ2) is 8.40. The fourth-order valence-corrected chi connectivity index (χ4v) is 5.08.